The van der Waals surface area contributed by atoms with Gasteiger partial charge in [0.15, 0.2) is 0 Å². The fourth-order valence-corrected chi connectivity index (χ4v) is 2.87. The fraction of sp³-hybridized carbons (Fsp3) is 0.429. The van der Waals surface area contributed by atoms with Crippen LogP contribution in [0.25, 0.3) is 0 Å². The van der Waals surface area contributed by atoms with Gasteiger partial charge in [0.25, 0.3) is 0 Å². The summed E-state index contributed by atoms with van der Waals surface area (Å²) in [6, 6.07) is 4.77. The van der Waals surface area contributed by atoms with Gasteiger partial charge >= 0.3 is 17.4 Å². The molecule has 0 bridgehead atoms. The highest BCUT2D eigenvalue weighted by atomic mass is 32.2. The average molecular weight is 351 g/mol. The van der Waals surface area contributed by atoms with Crippen LogP contribution >= 0.6 is 0 Å². The van der Waals surface area contributed by atoms with Crippen LogP contribution < -0.4 is 9.78 Å². The third kappa shape index (κ3) is 3.04. The van der Waals surface area contributed by atoms with Crippen LogP contribution in [-0.2, 0) is 19.6 Å². The van der Waals surface area contributed by atoms with Gasteiger partial charge in [0.2, 0.25) is 5.88 Å². The van der Waals surface area contributed by atoms with E-state index in [4.69, 9.17) is 13.5 Å². The van der Waals surface area contributed by atoms with Gasteiger partial charge in [-0.2, -0.15) is 8.42 Å². The molecule has 0 N–H and O–H groups in total. The number of nitrogens with zero attached hydrogens (tertiary/aromatic N) is 3. The van der Waals surface area contributed by atoms with Crippen LogP contribution in [0.15, 0.2) is 36.9 Å². The van der Waals surface area contributed by atoms with Crippen molar-refractivity contribution in [1.29, 1.82) is 0 Å². The second kappa shape index (κ2) is 5.57. The van der Waals surface area contributed by atoms with Gasteiger partial charge in [0, 0.05) is 18.5 Å². The highest BCUT2D eigenvalue weighted by Gasteiger charge is 2.52. The van der Waals surface area contributed by atoms with E-state index >= 15 is 0 Å². The minimum atomic E-state index is -4.05. The van der Waals surface area contributed by atoms with E-state index in [1.165, 1.54) is 18.5 Å². The Bertz CT molecular complexity index is 820. The van der Waals surface area contributed by atoms with Crippen molar-refractivity contribution < 1.29 is 21.9 Å². The van der Waals surface area contributed by atoms with Gasteiger partial charge in [-0.3, -0.25) is 0 Å². The highest BCUT2D eigenvalue weighted by Crippen LogP contribution is 2.36. The number of imidazole rings is 1. The summed E-state index contributed by atoms with van der Waals surface area (Å²) < 4.78 is 41.9. The van der Waals surface area contributed by atoms with Crippen molar-refractivity contribution in [2.24, 2.45) is 0 Å². The fourth-order valence-electron chi connectivity index (χ4n) is 2.10. The second-order valence-electron chi connectivity index (χ2n) is 6.42. The van der Waals surface area contributed by atoms with Gasteiger partial charge in [0.1, 0.15) is 6.33 Å². The third-order valence-corrected chi connectivity index (χ3v) is 5.28. The first kappa shape index (κ1) is 16.9. The topological polar surface area (TPSA) is 92.5 Å². The zero-order chi connectivity index (χ0) is 17.6. The first-order chi connectivity index (χ1) is 11.1. The quantitative estimate of drug-likeness (QED) is 0.751. The Balaban J connectivity index is 1.84. The maximum atomic E-state index is 12.1. The van der Waals surface area contributed by atoms with Crippen LogP contribution in [0.3, 0.4) is 0 Å². The Morgan fingerprint density at radius 1 is 1.17 bits per heavy atom. The van der Waals surface area contributed by atoms with Crippen molar-refractivity contribution in [3.8, 4) is 5.88 Å². The van der Waals surface area contributed by atoms with Crippen LogP contribution in [0.5, 0.6) is 5.88 Å². The lowest BCUT2D eigenvalue weighted by Crippen LogP contribution is -2.41. The van der Waals surface area contributed by atoms with Crippen LogP contribution in [0, 0.1) is 0 Å². The molecule has 1 saturated heterocycles. The lowest BCUT2D eigenvalue weighted by molar-refractivity contribution is 0.00578. The molecule has 0 aromatic carbocycles. The van der Waals surface area contributed by atoms with E-state index in [1.807, 2.05) is 27.7 Å². The second-order valence-corrected chi connectivity index (χ2v) is 7.87. The van der Waals surface area contributed by atoms with Crippen molar-refractivity contribution in [2.45, 2.75) is 38.9 Å². The Kier molecular flexibility index (Phi) is 3.93. The lowest BCUT2D eigenvalue weighted by atomic mass is 9.84. The zero-order valence-corrected chi connectivity index (χ0v) is 14.6. The van der Waals surface area contributed by atoms with E-state index in [9.17, 15) is 8.42 Å². The van der Waals surface area contributed by atoms with E-state index in [0.717, 1.165) is 10.3 Å². The summed E-state index contributed by atoms with van der Waals surface area (Å²) in [6.07, 6.45) is 3.75. The number of rotatable bonds is 4. The van der Waals surface area contributed by atoms with E-state index in [2.05, 4.69) is 9.97 Å². The molecule has 3 rings (SSSR count). The summed E-state index contributed by atoms with van der Waals surface area (Å²) in [7, 11) is -4.75. The Hall–Kier alpha value is -1.91. The maximum absolute atomic E-state index is 12.1. The SMILES string of the molecule is CC1(C)OB(c2cccc(OS(=O)(=O)n3ccnc3)n2)OC1(C)C. The molecule has 1 aliphatic heterocycles. The van der Waals surface area contributed by atoms with Crippen LogP contribution in [0.2, 0.25) is 0 Å². The monoisotopic (exact) mass is 351 g/mol. The molecule has 128 valence electrons. The van der Waals surface area contributed by atoms with Gasteiger partial charge in [-0.25, -0.2) is 13.9 Å². The van der Waals surface area contributed by atoms with Gasteiger partial charge in [-0.1, -0.05) is 6.07 Å². The molecule has 0 spiro atoms. The van der Waals surface area contributed by atoms with Gasteiger partial charge < -0.3 is 13.5 Å². The van der Waals surface area contributed by atoms with E-state index in [-0.39, 0.29) is 5.88 Å². The van der Waals surface area contributed by atoms with E-state index in [1.54, 1.807) is 12.1 Å². The molecule has 0 amide bonds. The molecule has 0 saturated carbocycles. The predicted octanol–water partition coefficient (Wildman–Crippen LogP) is 0.749. The van der Waals surface area contributed by atoms with E-state index < -0.39 is 28.6 Å². The first-order valence-electron chi connectivity index (χ1n) is 7.36. The smallest absolute Gasteiger partial charge is 0.398 e. The van der Waals surface area contributed by atoms with Gasteiger partial charge in [-0.15, -0.1) is 0 Å². The Morgan fingerprint density at radius 2 is 1.83 bits per heavy atom. The molecule has 0 radical (unpaired) electrons. The van der Waals surface area contributed by atoms with Crippen LogP contribution in [-0.4, -0.2) is 40.7 Å². The number of aromatic nitrogens is 3. The molecule has 0 aliphatic carbocycles. The minimum Gasteiger partial charge on any atom is -0.398 e. The molecule has 0 atom stereocenters. The summed E-state index contributed by atoms with van der Waals surface area (Å²) >= 11 is 0. The third-order valence-electron chi connectivity index (χ3n) is 4.17. The molecule has 3 heterocycles. The van der Waals surface area contributed by atoms with E-state index in [0.29, 0.717) is 5.59 Å². The summed E-state index contributed by atoms with van der Waals surface area (Å²) in [4.78, 5) is 7.88. The molecule has 1 aliphatic rings. The molecule has 10 heteroatoms. The first-order valence-corrected chi connectivity index (χ1v) is 8.73. The van der Waals surface area contributed by atoms with Crippen LogP contribution in [0.1, 0.15) is 27.7 Å². The summed E-state index contributed by atoms with van der Waals surface area (Å²) in [5, 5.41) is 0. The average Bonchev–Trinajstić information content (AvgIpc) is 3.06. The largest absolute Gasteiger partial charge is 0.514 e. The summed E-state index contributed by atoms with van der Waals surface area (Å²) in [6.45, 7) is 7.71. The molecule has 1 fully saturated rings. The van der Waals surface area contributed by atoms with Crippen molar-refractivity contribution in [3.05, 3.63) is 36.9 Å². The number of pyridine rings is 1. The molecule has 2 aromatic rings. The van der Waals surface area contributed by atoms with Crippen molar-refractivity contribution in [2.75, 3.05) is 0 Å². The maximum Gasteiger partial charge on any atom is 0.514 e. The lowest BCUT2D eigenvalue weighted by Gasteiger charge is -2.32. The van der Waals surface area contributed by atoms with Crippen molar-refractivity contribution in [3.63, 3.8) is 0 Å². The normalized spacial score (nSPS) is 19.4. The van der Waals surface area contributed by atoms with Gasteiger partial charge in [0.05, 0.1) is 16.8 Å². The molecule has 2 aromatic heterocycles. The van der Waals surface area contributed by atoms with Gasteiger partial charge in [-0.05, 0) is 33.8 Å². The number of hydrogen-bond acceptors (Lipinski definition) is 7. The standard InChI is InChI=1S/C14H18BN3O5S/c1-13(2)14(3,4)23-15(22-13)11-6-5-7-12(17-11)21-24(19,20)18-9-8-16-10-18/h5-10H,1-4H3. The molecule has 8 nitrogen and oxygen atoms in total. The highest BCUT2D eigenvalue weighted by molar-refractivity contribution is 7.85. The van der Waals surface area contributed by atoms with Crippen molar-refractivity contribution in [1.82, 2.24) is 13.9 Å². The Morgan fingerprint density at radius 3 is 2.42 bits per heavy atom. The molecule has 0 unspecified atom stereocenters. The summed E-state index contributed by atoms with van der Waals surface area (Å²) in [5.74, 6) is -0.0732. The molecular formula is C14H18BN3O5S. The summed E-state index contributed by atoms with van der Waals surface area (Å²) in [5.41, 5.74) is -0.593. The predicted molar refractivity (Wildman–Crippen MR) is 87.1 cm³/mol. The number of hydrogen-bond donors (Lipinski definition) is 0. The molecule has 24 heavy (non-hydrogen) atoms. The Labute approximate surface area is 141 Å². The van der Waals surface area contributed by atoms with Crippen LogP contribution in [0.4, 0.5) is 0 Å². The minimum absolute atomic E-state index is 0.0732. The molecular weight excluding hydrogens is 333 g/mol. The zero-order valence-electron chi connectivity index (χ0n) is 13.8. The van der Waals surface area contributed by atoms with Crippen molar-refractivity contribution >= 4 is 23.0 Å².